The van der Waals surface area contributed by atoms with E-state index in [1.165, 1.54) is 24.2 Å². The van der Waals surface area contributed by atoms with E-state index < -0.39 is 0 Å². The third-order valence-corrected chi connectivity index (χ3v) is 5.48. The predicted molar refractivity (Wildman–Crippen MR) is 81.8 cm³/mol. The molecular weight excluding hydrogens is 254 g/mol. The highest BCUT2D eigenvalue weighted by molar-refractivity contribution is 7.99. The number of benzene rings is 1. The quantitative estimate of drug-likeness (QED) is 0.823. The zero-order chi connectivity index (χ0) is 13.2. The number of thioether (sulfide) groups is 1. The summed E-state index contributed by atoms with van der Waals surface area (Å²) in [4.78, 5) is 14.6. The summed E-state index contributed by atoms with van der Waals surface area (Å²) in [6.07, 6.45) is 4.23. The van der Waals surface area contributed by atoms with Gasteiger partial charge in [-0.3, -0.25) is 4.79 Å². The normalized spacial score (nSPS) is 26.3. The molecule has 1 aromatic carbocycles. The molecule has 0 aliphatic carbocycles. The Morgan fingerprint density at radius 3 is 3.05 bits per heavy atom. The van der Waals surface area contributed by atoms with Crippen molar-refractivity contribution in [2.75, 3.05) is 16.4 Å². The highest BCUT2D eigenvalue weighted by Gasteiger charge is 2.31. The number of anilines is 1. The maximum Gasteiger partial charge on any atom is 0.227 e. The summed E-state index contributed by atoms with van der Waals surface area (Å²) in [5.41, 5.74) is 2.46. The summed E-state index contributed by atoms with van der Waals surface area (Å²) >= 11 is 2.00. The van der Waals surface area contributed by atoms with Crippen LogP contribution in [0.15, 0.2) is 24.3 Å². The van der Waals surface area contributed by atoms with Crippen LogP contribution in [-0.2, 0) is 11.2 Å². The summed E-state index contributed by atoms with van der Waals surface area (Å²) in [5, 5.41) is 0. The lowest BCUT2D eigenvalue weighted by Gasteiger charge is -2.27. The minimum atomic E-state index is 0.321. The average molecular weight is 275 g/mol. The van der Waals surface area contributed by atoms with Gasteiger partial charge >= 0.3 is 0 Å². The molecule has 1 amide bonds. The van der Waals surface area contributed by atoms with Gasteiger partial charge in [0, 0.05) is 18.2 Å². The van der Waals surface area contributed by atoms with Gasteiger partial charge in [-0.05, 0) is 55.2 Å². The molecule has 102 valence electrons. The summed E-state index contributed by atoms with van der Waals surface area (Å²) in [5.74, 6) is 3.35. The van der Waals surface area contributed by atoms with Crippen molar-refractivity contribution in [2.24, 2.45) is 5.92 Å². The first-order chi connectivity index (χ1) is 9.25. The van der Waals surface area contributed by atoms with Crippen molar-refractivity contribution in [3.8, 4) is 0 Å². The highest BCUT2D eigenvalue weighted by Crippen LogP contribution is 2.34. The molecule has 0 radical (unpaired) electrons. The van der Waals surface area contributed by atoms with E-state index in [1.807, 2.05) is 22.7 Å². The molecule has 0 bridgehead atoms. The van der Waals surface area contributed by atoms with E-state index in [1.54, 1.807) is 0 Å². The number of amides is 1. The third kappa shape index (κ3) is 2.66. The van der Waals surface area contributed by atoms with Crippen LogP contribution in [0.1, 0.15) is 31.7 Å². The fraction of sp³-hybridized carbons (Fsp3) is 0.562. The van der Waals surface area contributed by atoms with Crippen LogP contribution in [0.25, 0.3) is 0 Å². The smallest absolute Gasteiger partial charge is 0.227 e. The topological polar surface area (TPSA) is 20.3 Å². The number of para-hydroxylation sites is 1. The van der Waals surface area contributed by atoms with Gasteiger partial charge in [-0.2, -0.15) is 11.8 Å². The molecule has 0 N–H and O–H groups in total. The van der Waals surface area contributed by atoms with Crippen LogP contribution in [0, 0.1) is 5.92 Å². The van der Waals surface area contributed by atoms with E-state index >= 15 is 0 Å². The van der Waals surface area contributed by atoms with Crippen molar-refractivity contribution < 1.29 is 4.79 Å². The van der Waals surface area contributed by atoms with Crippen molar-refractivity contribution in [2.45, 2.75) is 38.6 Å². The molecule has 1 fully saturated rings. The molecule has 2 heterocycles. The Labute approximate surface area is 119 Å². The van der Waals surface area contributed by atoms with Gasteiger partial charge in [0.1, 0.15) is 0 Å². The Bertz CT molecular complexity index is 468. The van der Waals surface area contributed by atoms with Crippen LogP contribution >= 0.6 is 11.8 Å². The molecule has 1 aromatic rings. The first-order valence-electron chi connectivity index (χ1n) is 7.23. The first kappa shape index (κ1) is 13.0. The van der Waals surface area contributed by atoms with Gasteiger partial charge in [0.15, 0.2) is 0 Å². The maximum absolute atomic E-state index is 12.6. The molecule has 3 heteroatoms. The average Bonchev–Trinajstić information content (AvgIpc) is 2.75. The van der Waals surface area contributed by atoms with Gasteiger partial charge in [0.05, 0.1) is 0 Å². The Hall–Kier alpha value is -0.960. The predicted octanol–water partition coefficient (Wildman–Crippen LogP) is 3.50. The molecule has 1 saturated heterocycles. The largest absolute Gasteiger partial charge is 0.309 e. The Balaban J connectivity index is 1.72. The van der Waals surface area contributed by atoms with Crippen molar-refractivity contribution in [1.29, 1.82) is 0 Å². The van der Waals surface area contributed by atoms with Crippen molar-refractivity contribution in [3.63, 3.8) is 0 Å². The number of carbonyl (C=O) groups excluding carboxylic acids is 1. The third-order valence-electron chi connectivity index (χ3n) is 4.19. The second-order valence-electron chi connectivity index (χ2n) is 5.73. The zero-order valence-electron chi connectivity index (χ0n) is 11.5. The summed E-state index contributed by atoms with van der Waals surface area (Å²) < 4.78 is 0. The molecule has 2 unspecified atom stereocenters. The number of nitrogens with zero attached hydrogens (tertiary/aromatic N) is 1. The fourth-order valence-electron chi connectivity index (χ4n) is 3.26. The molecular formula is C16H21NOS. The van der Waals surface area contributed by atoms with Crippen LogP contribution < -0.4 is 4.90 Å². The van der Waals surface area contributed by atoms with Gasteiger partial charge in [-0.25, -0.2) is 0 Å². The number of hydrogen-bond donors (Lipinski definition) is 0. The van der Waals surface area contributed by atoms with E-state index in [9.17, 15) is 4.79 Å². The minimum Gasteiger partial charge on any atom is -0.309 e. The van der Waals surface area contributed by atoms with Crippen LogP contribution in [0.3, 0.4) is 0 Å². The van der Waals surface area contributed by atoms with Crippen LogP contribution in [0.2, 0.25) is 0 Å². The molecule has 0 spiro atoms. The van der Waals surface area contributed by atoms with Crippen molar-refractivity contribution >= 4 is 23.4 Å². The second kappa shape index (κ2) is 5.58. The van der Waals surface area contributed by atoms with Crippen molar-refractivity contribution in [3.05, 3.63) is 29.8 Å². The van der Waals surface area contributed by atoms with Crippen molar-refractivity contribution in [1.82, 2.24) is 0 Å². The maximum atomic E-state index is 12.6. The lowest BCUT2D eigenvalue weighted by Crippen LogP contribution is -2.37. The Kier molecular flexibility index (Phi) is 3.83. The van der Waals surface area contributed by atoms with E-state index in [2.05, 4.69) is 25.1 Å². The molecule has 2 nitrogen and oxygen atoms in total. The first-order valence-corrected chi connectivity index (χ1v) is 8.39. The molecule has 19 heavy (non-hydrogen) atoms. The second-order valence-corrected chi connectivity index (χ2v) is 6.88. The molecule has 2 aliphatic heterocycles. The number of fused-ring (bicyclic) bond motifs is 1. The minimum absolute atomic E-state index is 0.321. The van der Waals surface area contributed by atoms with Crippen LogP contribution in [0.4, 0.5) is 5.69 Å². The van der Waals surface area contributed by atoms with E-state index in [-0.39, 0.29) is 0 Å². The lowest BCUT2D eigenvalue weighted by atomic mass is 10.0. The monoisotopic (exact) mass is 275 g/mol. The van der Waals surface area contributed by atoms with E-state index in [0.717, 1.165) is 24.3 Å². The zero-order valence-corrected chi connectivity index (χ0v) is 12.3. The Morgan fingerprint density at radius 2 is 2.26 bits per heavy atom. The molecule has 0 aromatic heterocycles. The number of hydrogen-bond acceptors (Lipinski definition) is 2. The standard InChI is InChI=1S/C16H21NOS/c1-12-9-14-6-2-3-7-15(14)17(12)16(18)10-13-5-4-8-19-11-13/h2-3,6-7,12-13H,4-5,8-11H2,1H3. The SMILES string of the molecule is CC1Cc2ccccc2N1C(=O)CC1CCCSC1. The molecule has 2 atom stereocenters. The number of rotatable bonds is 2. The molecule has 3 rings (SSSR count). The molecule has 0 saturated carbocycles. The summed E-state index contributed by atoms with van der Waals surface area (Å²) in [6.45, 7) is 2.16. The number of carbonyl (C=O) groups is 1. The summed E-state index contributed by atoms with van der Waals surface area (Å²) in [7, 11) is 0. The highest BCUT2D eigenvalue weighted by atomic mass is 32.2. The lowest BCUT2D eigenvalue weighted by molar-refractivity contribution is -0.119. The summed E-state index contributed by atoms with van der Waals surface area (Å²) in [6, 6.07) is 8.66. The molecule has 2 aliphatic rings. The fourth-order valence-corrected chi connectivity index (χ4v) is 4.41. The Morgan fingerprint density at radius 1 is 1.42 bits per heavy atom. The van der Waals surface area contributed by atoms with Crippen LogP contribution in [0.5, 0.6) is 0 Å². The van der Waals surface area contributed by atoms with E-state index in [0.29, 0.717) is 17.9 Å². The van der Waals surface area contributed by atoms with Gasteiger partial charge < -0.3 is 4.90 Å². The van der Waals surface area contributed by atoms with E-state index in [4.69, 9.17) is 0 Å². The van der Waals surface area contributed by atoms with Gasteiger partial charge in [0.25, 0.3) is 0 Å². The van der Waals surface area contributed by atoms with Gasteiger partial charge in [-0.15, -0.1) is 0 Å². The van der Waals surface area contributed by atoms with Crippen LogP contribution in [-0.4, -0.2) is 23.5 Å². The van der Waals surface area contributed by atoms with Gasteiger partial charge in [0.2, 0.25) is 5.91 Å². The van der Waals surface area contributed by atoms with Gasteiger partial charge in [-0.1, -0.05) is 18.2 Å².